The van der Waals surface area contributed by atoms with E-state index in [0.29, 0.717) is 6.61 Å². The second kappa shape index (κ2) is 13.4. The van der Waals surface area contributed by atoms with Gasteiger partial charge in [-0.3, -0.25) is 4.79 Å². The first-order chi connectivity index (χ1) is 14.2. The third kappa shape index (κ3) is 8.60. The van der Waals surface area contributed by atoms with Crippen LogP contribution in [0.1, 0.15) is 95.6 Å². The van der Waals surface area contributed by atoms with Crippen molar-refractivity contribution >= 4 is 12.0 Å². The van der Waals surface area contributed by atoms with Crippen LogP contribution in [0.3, 0.4) is 0 Å². The molecule has 1 aliphatic carbocycles. The molecule has 1 unspecified atom stereocenters. The topological polar surface area (TPSA) is 26.3 Å². The number of carbonyl (C=O) groups is 1. The zero-order valence-corrected chi connectivity index (χ0v) is 18.8. The van der Waals surface area contributed by atoms with Crippen LogP contribution >= 0.6 is 0 Å². The Morgan fingerprint density at radius 3 is 2.03 bits per heavy atom. The monoisotopic (exact) mass is 396 g/mol. The van der Waals surface area contributed by atoms with Crippen LogP contribution in [0.25, 0.3) is 6.08 Å². The van der Waals surface area contributed by atoms with Gasteiger partial charge in [0, 0.05) is 0 Å². The molecule has 29 heavy (non-hydrogen) atoms. The number of hydrogen-bond acceptors (Lipinski definition) is 2. The van der Waals surface area contributed by atoms with Crippen LogP contribution in [0.15, 0.2) is 41.5 Å². The molecular formula is C27H40O2. The Hall–Kier alpha value is -1.83. The molecular weight excluding hydrogens is 356 g/mol. The highest BCUT2D eigenvalue weighted by Crippen LogP contribution is 2.45. The summed E-state index contributed by atoms with van der Waals surface area (Å²) in [4.78, 5) is 12.3. The fraction of sp³-hybridized carbons (Fsp3) is 0.593. The van der Waals surface area contributed by atoms with Crippen LogP contribution < -0.4 is 0 Å². The van der Waals surface area contributed by atoms with E-state index in [-0.39, 0.29) is 11.9 Å². The normalized spacial score (nSPS) is 15.9. The second-order valence-corrected chi connectivity index (χ2v) is 8.34. The maximum absolute atomic E-state index is 12.3. The van der Waals surface area contributed by atoms with Gasteiger partial charge in [0.25, 0.3) is 0 Å². The quantitative estimate of drug-likeness (QED) is 0.223. The molecule has 0 amide bonds. The van der Waals surface area contributed by atoms with Gasteiger partial charge in [-0.2, -0.15) is 0 Å². The summed E-state index contributed by atoms with van der Waals surface area (Å²) >= 11 is 0. The van der Waals surface area contributed by atoms with Gasteiger partial charge in [-0.05, 0) is 43.4 Å². The Kier molecular flexibility index (Phi) is 10.8. The molecule has 0 saturated carbocycles. The van der Waals surface area contributed by atoms with Crippen LogP contribution in [0.2, 0.25) is 0 Å². The van der Waals surface area contributed by atoms with Crippen LogP contribution in [0.5, 0.6) is 0 Å². The van der Waals surface area contributed by atoms with E-state index >= 15 is 0 Å². The molecule has 0 saturated heterocycles. The van der Waals surface area contributed by atoms with Crippen molar-refractivity contribution in [3.05, 3.63) is 52.6 Å². The summed E-state index contributed by atoms with van der Waals surface area (Å²) in [6.45, 7) is 6.70. The summed E-state index contributed by atoms with van der Waals surface area (Å²) in [5, 5.41) is 0. The van der Waals surface area contributed by atoms with E-state index in [1.807, 2.05) is 6.92 Å². The molecule has 1 aliphatic rings. The van der Waals surface area contributed by atoms with E-state index in [1.165, 1.54) is 86.5 Å². The minimum atomic E-state index is -0.0878. The van der Waals surface area contributed by atoms with Crippen molar-refractivity contribution in [2.45, 2.75) is 91.4 Å². The van der Waals surface area contributed by atoms with Crippen LogP contribution in [0, 0.1) is 12.8 Å². The lowest BCUT2D eigenvalue weighted by Gasteiger charge is -2.03. The molecule has 1 aromatic rings. The van der Waals surface area contributed by atoms with Crippen molar-refractivity contribution in [3.8, 4) is 0 Å². The number of unbranched alkanes of at least 4 members (excludes halogenated alkanes) is 9. The van der Waals surface area contributed by atoms with Gasteiger partial charge in [0.2, 0.25) is 0 Å². The predicted molar refractivity (Wildman–Crippen MR) is 124 cm³/mol. The van der Waals surface area contributed by atoms with Gasteiger partial charge in [0.15, 0.2) is 0 Å². The van der Waals surface area contributed by atoms with E-state index < -0.39 is 0 Å². The molecule has 0 bridgehead atoms. The van der Waals surface area contributed by atoms with Crippen molar-refractivity contribution < 1.29 is 9.53 Å². The zero-order chi connectivity index (χ0) is 20.9. The minimum absolute atomic E-state index is 0.0712. The Morgan fingerprint density at radius 2 is 1.45 bits per heavy atom. The largest absolute Gasteiger partial charge is 0.465 e. The van der Waals surface area contributed by atoms with Gasteiger partial charge in [-0.25, -0.2) is 0 Å². The minimum Gasteiger partial charge on any atom is -0.465 e. The Bertz CT molecular complexity index is 666. The summed E-state index contributed by atoms with van der Waals surface area (Å²) < 4.78 is 5.28. The van der Waals surface area contributed by atoms with Crippen LogP contribution in [0.4, 0.5) is 0 Å². The molecule has 0 spiro atoms. The van der Waals surface area contributed by atoms with Gasteiger partial charge >= 0.3 is 5.97 Å². The Balaban J connectivity index is 1.73. The molecule has 1 atom stereocenters. The van der Waals surface area contributed by atoms with E-state index in [0.717, 1.165) is 6.42 Å². The van der Waals surface area contributed by atoms with Crippen molar-refractivity contribution in [1.29, 1.82) is 0 Å². The first-order valence-corrected chi connectivity index (χ1v) is 11.8. The van der Waals surface area contributed by atoms with Crippen LogP contribution in [-0.2, 0) is 9.53 Å². The van der Waals surface area contributed by atoms with E-state index in [4.69, 9.17) is 4.74 Å². The molecule has 160 valence electrons. The summed E-state index contributed by atoms with van der Waals surface area (Å²) in [6, 6.07) is 8.48. The number of hydrogen-bond donors (Lipinski definition) is 0. The summed E-state index contributed by atoms with van der Waals surface area (Å²) in [7, 11) is 0. The smallest absolute Gasteiger partial charge is 0.317 e. The SMILES string of the molecule is CCCCCCCCCCCCC1=C(/C=C/c2ccc(C)cc2)C1C(=O)OCC. The average molecular weight is 397 g/mol. The molecule has 0 N–H and O–H groups in total. The van der Waals surface area contributed by atoms with E-state index in [1.54, 1.807) is 0 Å². The predicted octanol–water partition coefficient (Wildman–Crippen LogP) is 7.81. The third-order valence-electron chi connectivity index (χ3n) is 5.80. The lowest BCUT2D eigenvalue weighted by atomic mass is 10.0. The van der Waals surface area contributed by atoms with Crippen molar-refractivity contribution in [3.63, 3.8) is 0 Å². The number of aryl methyl sites for hydroxylation is 1. The molecule has 2 rings (SSSR count). The van der Waals surface area contributed by atoms with Crippen molar-refractivity contribution in [1.82, 2.24) is 0 Å². The molecule has 0 aromatic heterocycles. The molecule has 0 fully saturated rings. The fourth-order valence-corrected chi connectivity index (χ4v) is 3.94. The van der Waals surface area contributed by atoms with E-state index in [2.05, 4.69) is 50.3 Å². The number of ether oxygens (including phenoxy) is 1. The number of allylic oxidation sites excluding steroid dienone is 1. The highest BCUT2D eigenvalue weighted by atomic mass is 16.5. The lowest BCUT2D eigenvalue weighted by Crippen LogP contribution is -2.09. The molecule has 1 aromatic carbocycles. The molecule has 2 nitrogen and oxygen atoms in total. The summed E-state index contributed by atoms with van der Waals surface area (Å²) in [6.07, 6.45) is 18.7. The van der Waals surface area contributed by atoms with Crippen LogP contribution in [-0.4, -0.2) is 12.6 Å². The third-order valence-corrected chi connectivity index (χ3v) is 5.80. The maximum atomic E-state index is 12.3. The Labute approximate surface area is 178 Å². The van der Waals surface area contributed by atoms with E-state index in [9.17, 15) is 4.79 Å². The van der Waals surface area contributed by atoms with Gasteiger partial charge in [-0.15, -0.1) is 0 Å². The van der Waals surface area contributed by atoms with Gasteiger partial charge < -0.3 is 4.74 Å². The number of carbonyl (C=O) groups excluding carboxylic acids is 1. The van der Waals surface area contributed by atoms with Gasteiger partial charge in [0.05, 0.1) is 6.61 Å². The highest BCUT2D eigenvalue weighted by Gasteiger charge is 2.40. The molecule has 0 heterocycles. The summed E-state index contributed by atoms with van der Waals surface area (Å²) in [5.74, 6) is -0.159. The molecule has 0 aliphatic heterocycles. The first kappa shape index (κ1) is 23.4. The van der Waals surface area contributed by atoms with Crippen molar-refractivity contribution in [2.75, 3.05) is 6.61 Å². The number of rotatable bonds is 15. The standard InChI is InChI=1S/C27H40O2/c1-4-6-7-8-9-10-11-12-13-14-15-24-25(26(24)27(28)29-5-2)21-20-23-18-16-22(3)17-19-23/h16-21,26H,4-15H2,1-3H3/b21-20+. The summed E-state index contributed by atoms with van der Waals surface area (Å²) in [5.41, 5.74) is 4.92. The number of esters is 1. The highest BCUT2D eigenvalue weighted by molar-refractivity contribution is 5.88. The Morgan fingerprint density at radius 1 is 0.862 bits per heavy atom. The number of benzene rings is 1. The second-order valence-electron chi connectivity index (χ2n) is 8.34. The molecule has 0 radical (unpaired) electrons. The first-order valence-electron chi connectivity index (χ1n) is 11.8. The maximum Gasteiger partial charge on any atom is 0.317 e. The average Bonchev–Trinajstić information content (AvgIpc) is 3.42. The van der Waals surface area contributed by atoms with Gasteiger partial charge in [-0.1, -0.05) is 107 Å². The van der Waals surface area contributed by atoms with Crippen molar-refractivity contribution in [2.24, 2.45) is 5.92 Å². The lowest BCUT2D eigenvalue weighted by molar-refractivity contribution is -0.144. The zero-order valence-electron chi connectivity index (χ0n) is 18.8. The fourth-order valence-electron chi connectivity index (χ4n) is 3.94. The molecule has 2 heteroatoms. The van der Waals surface area contributed by atoms with Gasteiger partial charge in [0.1, 0.15) is 5.92 Å².